The fourth-order valence-corrected chi connectivity index (χ4v) is 6.96. The lowest BCUT2D eigenvalue weighted by Crippen LogP contribution is -2.33. The molecule has 0 bridgehead atoms. The van der Waals surface area contributed by atoms with Crippen molar-refractivity contribution in [3.05, 3.63) is 71.0 Å². The molecule has 1 aliphatic carbocycles. The molecule has 1 atom stereocenters. The summed E-state index contributed by atoms with van der Waals surface area (Å²) in [6.07, 6.45) is 2.46. The first kappa shape index (κ1) is 23.8. The van der Waals surface area contributed by atoms with Gasteiger partial charge >= 0.3 is 0 Å². The Kier molecular flexibility index (Phi) is 5.84. The van der Waals surface area contributed by atoms with Gasteiger partial charge in [0, 0.05) is 13.0 Å². The van der Waals surface area contributed by atoms with Crippen molar-refractivity contribution in [1.29, 1.82) is 0 Å². The molecule has 1 saturated heterocycles. The van der Waals surface area contributed by atoms with Crippen molar-refractivity contribution in [2.75, 3.05) is 13.7 Å². The Morgan fingerprint density at radius 1 is 1.03 bits per heavy atom. The molecule has 0 radical (unpaired) electrons. The number of ether oxygens (including phenoxy) is 1. The van der Waals surface area contributed by atoms with Gasteiger partial charge in [0.1, 0.15) is 5.75 Å². The lowest BCUT2D eigenvalue weighted by molar-refractivity contribution is 0.0908. The Morgan fingerprint density at radius 2 is 1.71 bits per heavy atom. The van der Waals surface area contributed by atoms with E-state index in [9.17, 15) is 13.2 Å². The van der Waals surface area contributed by atoms with Crippen LogP contribution in [0.2, 0.25) is 0 Å². The summed E-state index contributed by atoms with van der Waals surface area (Å²) in [5.74, 6) is 0.767. The van der Waals surface area contributed by atoms with E-state index in [4.69, 9.17) is 9.84 Å². The van der Waals surface area contributed by atoms with Gasteiger partial charge < -0.3 is 4.74 Å². The van der Waals surface area contributed by atoms with Crippen LogP contribution in [0.4, 0.5) is 0 Å². The summed E-state index contributed by atoms with van der Waals surface area (Å²) in [6.45, 7) is 6.51. The summed E-state index contributed by atoms with van der Waals surface area (Å²) in [5, 5.41) is 4.94. The molecule has 0 amide bonds. The number of carbonyl (C=O) groups is 1. The van der Waals surface area contributed by atoms with Crippen molar-refractivity contribution in [2.24, 2.45) is 5.41 Å². The van der Waals surface area contributed by atoms with Crippen LogP contribution in [0, 0.1) is 12.3 Å². The van der Waals surface area contributed by atoms with E-state index in [1.165, 1.54) is 4.31 Å². The lowest BCUT2D eigenvalue weighted by atomic mass is 9.75. The van der Waals surface area contributed by atoms with Crippen LogP contribution in [-0.4, -0.2) is 41.9 Å². The van der Waals surface area contributed by atoms with E-state index in [2.05, 4.69) is 13.8 Å². The summed E-state index contributed by atoms with van der Waals surface area (Å²) in [5.41, 5.74) is 3.65. The van der Waals surface area contributed by atoms with Gasteiger partial charge in [-0.3, -0.25) is 4.79 Å². The van der Waals surface area contributed by atoms with E-state index in [0.717, 1.165) is 29.1 Å². The molecule has 8 heteroatoms. The van der Waals surface area contributed by atoms with Crippen molar-refractivity contribution in [3.8, 4) is 11.4 Å². The van der Waals surface area contributed by atoms with Crippen LogP contribution in [0.3, 0.4) is 0 Å². The molecule has 0 N–H and O–H groups in total. The number of ketones is 1. The predicted molar refractivity (Wildman–Crippen MR) is 134 cm³/mol. The first-order valence-electron chi connectivity index (χ1n) is 12.0. The third kappa shape index (κ3) is 4.19. The first-order chi connectivity index (χ1) is 16.6. The molecule has 0 spiro atoms. The van der Waals surface area contributed by atoms with E-state index in [-0.39, 0.29) is 16.1 Å². The van der Waals surface area contributed by atoms with Crippen molar-refractivity contribution in [3.63, 3.8) is 0 Å². The molecule has 1 aromatic heterocycles. The molecule has 35 heavy (non-hydrogen) atoms. The third-order valence-corrected chi connectivity index (χ3v) is 8.96. The zero-order chi connectivity index (χ0) is 25.0. The molecular formula is C27H31N3O4S. The van der Waals surface area contributed by atoms with Crippen molar-refractivity contribution in [2.45, 2.75) is 57.4 Å². The normalized spacial score (nSPS) is 20.1. The number of benzene rings is 2. The van der Waals surface area contributed by atoms with Gasteiger partial charge in [0.2, 0.25) is 10.0 Å². The Morgan fingerprint density at radius 3 is 2.37 bits per heavy atom. The molecule has 2 aliphatic rings. The second kappa shape index (κ2) is 8.60. The number of carbonyl (C=O) groups excluding carboxylic acids is 1. The van der Waals surface area contributed by atoms with Gasteiger partial charge in [-0.1, -0.05) is 31.5 Å². The maximum atomic E-state index is 13.6. The van der Waals surface area contributed by atoms with E-state index in [1.54, 1.807) is 19.2 Å². The van der Waals surface area contributed by atoms with E-state index in [0.29, 0.717) is 37.1 Å². The van der Waals surface area contributed by atoms with Crippen LogP contribution in [0.25, 0.3) is 5.69 Å². The summed E-state index contributed by atoms with van der Waals surface area (Å²) in [7, 11) is -2.11. The maximum Gasteiger partial charge on any atom is 0.243 e. The lowest BCUT2D eigenvalue weighted by Gasteiger charge is -2.30. The molecule has 5 rings (SSSR count). The van der Waals surface area contributed by atoms with Gasteiger partial charge in [-0.05, 0) is 68.0 Å². The van der Waals surface area contributed by atoms with Gasteiger partial charge in [0.15, 0.2) is 5.78 Å². The Hall–Kier alpha value is -2.97. The molecule has 7 nitrogen and oxygen atoms in total. The SMILES string of the molecule is COc1ccc(-n2nc([C@@H]3CCCN3S(=O)(=O)c3ccc(C)cc3)c3c2CC(C)(C)CC3=O)cc1. The summed E-state index contributed by atoms with van der Waals surface area (Å²) < 4.78 is 35.9. The van der Waals surface area contributed by atoms with Crippen LogP contribution >= 0.6 is 0 Å². The van der Waals surface area contributed by atoms with Crippen LogP contribution in [-0.2, 0) is 16.4 Å². The predicted octanol–water partition coefficient (Wildman–Crippen LogP) is 4.87. The molecule has 0 unspecified atom stereocenters. The standard InChI is InChI=1S/C27H31N3O4S/c1-18-7-13-21(14-8-18)35(32,33)29-15-5-6-22(29)26-25-23(16-27(2,3)17-24(25)31)30(28-26)19-9-11-20(34-4)12-10-19/h7-14,22H,5-6,15-17H2,1-4H3/t22-/m0/s1. The highest BCUT2D eigenvalue weighted by molar-refractivity contribution is 7.89. The summed E-state index contributed by atoms with van der Waals surface area (Å²) in [4.78, 5) is 13.7. The highest BCUT2D eigenvalue weighted by atomic mass is 32.2. The zero-order valence-electron chi connectivity index (χ0n) is 20.6. The highest BCUT2D eigenvalue weighted by Gasteiger charge is 2.43. The maximum absolute atomic E-state index is 13.6. The number of hydrogen-bond donors (Lipinski definition) is 0. The molecule has 0 saturated carbocycles. The topological polar surface area (TPSA) is 81.5 Å². The van der Waals surface area contributed by atoms with Crippen LogP contribution in [0.15, 0.2) is 53.4 Å². The number of aryl methyl sites for hydroxylation is 1. The van der Waals surface area contributed by atoms with Crippen LogP contribution in [0.5, 0.6) is 5.75 Å². The molecule has 1 aliphatic heterocycles. The van der Waals surface area contributed by atoms with E-state index < -0.39 is 16.1 Å². The Balaban J connectivity index is 1.63. The summed E-state index contributed by atoms with van der Waals surface area (Å²) >= 11 is 0. The smallest absolute Gasteiger partial charge is 0.243 e. The monoisotopic (exact) mass is 493 g/mol. The first-order valence-corrected chi connectivity index (χ1v) is 13.4. The van der Waals surface area contributed by atoms with Gasteiger partial charge in [0.05, 0.1) is 40.7 Å². The number of nitrogens with zero attached hydrogens (tertiary/aromatic N) is 3. The number of methoxy groups -OCH3 is 1. The van der Waals surface area contributed by atoms with Gasteiger partial charge in [-0.25, -0.2) is 13.1 Å². The number of rotatable bonds is 5. The van der Waals surface area contributed by atoms with Gasteiger partial charge in [0.25, 0.3) is 0 Å². The largest absolute Gasteiger partial charge is 0.497 e. The minimum absolute atomic E-state index is 0.0330. The molecule has 1 fully saturated rings. The highest BCUT2D eigenvalue weighted by Crippen LogP contribution is 2.43. The number of Topliss-reactive ketones (excluding diaryl/α,β-unsaturated/α-hetero) is 1. The van der Waals surface area contributed by atoms with Gasteiger partial charge in [-0.2, -0.15) is 9.40 Å². The fraction of sp³-hybridized carbons (Fsp3) is 0.407. The van der Waals surface area contributed by atoms with Gasteiger partial charge in [-0.15, -0.1) is 0 Å². The van der Waals surface area contributed by atoms with Crippen LogP contribution in [0.1, 0.15) is 66.5 Å². The van der Waals surface area contributed by atoms with E-state index in [1.807, 2.05) is 48.0 Å². The number of sulfonamides is 1. The molecule has 3 aromatic rings. The molecule has 2 heterocycles. The summed E-state index contributed by atoms with van der Waals surface area (Å²) in [6, 6.07) is 14.0. The Labute approximate surface area is 206 Å². The molecular weight excluding hydrogens is 462 g/mol. The van der Waals surface area contributed by atoms with Crippen molar-refractivity contribution < 1.29 is 17.9 Å². The van der Waals surface area contributed by atoms with Crippen molar-refractivity contribution in [1.82, 2.24) is 14.1 Å². The average Bonchev–Trinajstić information content (AvgIpc) is 3.44. The minimum atomic E-state index is -3.73. The van der Waals surface area contributed by atoms with E-state index >= 15 is 0 Å². The third-order valence-electron chi connectivity index (χ3n) is 7.04. The zero-order valence-corrected chi connectivity index (χ0v) is 21.4. The average molecular weight is 494 g/mol. The number of fused-ring (bicyclic) bond motifs is 1. The number of aromatic nitrogens is 2. The second-order valence-corrected chi connectivity index (χ2v) is 12.2. The fourth-order valence-electron chi connectivity index (χ4n) is 5.29. The van der Waals surface area contributed by atoms with Crippen molar-refractivity contribution >= 4 is 15.8 Å². The second-order valence-electron chi connectivity index (χ2n) is 10.3. The molecule has 2 aromatic carbocycles. The molecule has 184 valence electrons. The van der Waals surface area contributed by atoms with Crippen LogP contribution < -0.4 is 4.74 Å². The quantitative estimate of drug-likeness (QED) is 0.507. The number of hydrogen-bond acceptors (Lipinski definition) is 5. The Bertz CT molecular complexity index is 1370. The minimum Gasteiger partial charge on any atom is -0.497 e.